The predicted molar refractivity (Wildman–Crippen MR) is 68.8 cm³/mol. The molecule has 0 bridgehead atoms. The topological polar surface area (TPSA) is 86.9 Å². The van der Waals surface area contributed by atoms with Gasteiger partial charge in [0.25, 0.3) is 5.56 Å². The van der Waals surface area contributed by atoms with Gasteiger partial charge in [-0.2, -0.15) is 0 Å². The Hall–Kier alpha value is -1.56. The van der Waals surface area contributed by atoms with Crippen molar-refractivity contribution in [3.05, 3.63) is 21.7 Å². The number of anilines is 1. The average Bonchev–Trinajstić information content (AvgIpc) is 3.13. The molecule has 1 fully saturated rings. The lowest BCUT2D eigenvalue weighted by molar-refractivity contribution is -0.121. The maximum absolute atomic E-state index is 11.4. The molecule has 1 aliphatic carbocycles. The fraction of sp³-hybridized carbons (Fsp3) is 0.545. The van der Waals surface area contributed by atoms with Gasteiger partial charge in [-0.25, -0.2) is 4.98 Å². The highest BCUT2D eigenvalue weighted by Crippen LogP contribution is 2.18. The van der Waals surface area contributed by atoms with Gasteiger partial charge in [-0.1, -0.05) is 11.6 Å². The van der Waals surface area contributed by atoms with Crippen molar-refractivity contribution in [2.75, 3.05) is 11.9 Å². The number of H-pyrrole nitrogens is 1. The SMILES string of the molecule is O=C(CCCNc1nc[nH]c(=O)c1Cl)NC1CC1. The van der Waals surface area contributed by atoms with E-state index in [0.717, 1.165) is 12.8 Å². The number of rotatable bonds is 6. The Labute approximate surface area is 109 Å². The van der Waals surface area contributed by atoms with E-state index in [9.17, 15) is 9.59 Å². The van der Waals surface area contributed by atoms with Crippen molar-refractivity contribution >= 4 is 23.3 Å². The zero-order valence-corrected chi connectivity index (χ0v) is 10.6. The number of carbonyl (C=O) groups is 1. The second kappa shape index (κ2) is 5.86. The quantitative estimate of drug-likeness (QED) is 0.670. The Morgan fingerprint density at radius 1 is 1.56 bits per heavy atom. The molecule has 0 radical (unpaired) electrons. The van der Waals surface area contributed by atoms with Crippen LogP contribution in [0.25, 0.3) is 0 Å². The Morgan fingerprint density at radius 3 is 3.06 bits per heavy atom. The molecule has 0 aliphatic heterocycles. The van der Waals surface area contributed by atoms with E-state index in [-0.39, 0.29) is 16.5 Å². The zero-order valence-electron chi connectivity index (χ0n) is 9.83. The summed E-state index contributed by atoms with van der Waals surface area (Å²) in [5.74, 6) is 0.423. The maximum atomic E-state index is 11.4. The molecular formula is C11H15ClN4O2. The van der Waals surface area contributed by atoms with Crippen LogP contribution in [0, 0.1) is 0 Å². The summed E-state index contributed by atoms with van der Waals surface area (Å²) in [7, 11) is 0. The van der Waals surface area contributed by atoms with Crippen LogP contribution in [0.1, 0.15) is 25.7 Å². The maximum Gasteiger partial charge on any atom is 0.271 e. The van der Waals surface area contributed by atoms with E-state index >= 15 is 0 Å². The van der Waals surface area contributed by atoms with E-state index in [1.807, 2.05) is 0 Å². The first-order valence-corrected chi connectivity index (χ1v) is 6.31. The normalized spacial score (nSPS) is 14.3. The number of carbonyl (C=O) groups excluding carboxylic acids is 1. The van der Waals surface area contributed by atoms with Crippen LogP contribution in [0.2, 0.25) is 5.02 Å². The number of aromatic nitrogens is 2. The molecule has 0 spiro atoms. The summed E-state index contributed by atoms with van der Waals surface area (Å²) in [6.07, 6.45) is 4.61. The van der Waals surface area contributed by atoms with Crippen LogP contribution in [0.15, 0.2) is 11.1 Å². The summed E-state index contributed by atoms with van der Waals surface area (Å²) in [5.41, 5.74) is -0.374. The summed E-state index contributed by atoms with van der Waals surface area (Å²) in [6.45, 7) is 0.550. The average molecular weight is 271 g/mol. The van der Waals surface area contributed by atoms with Crippen LogP contribution in [0.5, 0.6) is 0 Å². The number of nitrogens with one attached hydrogen (secondary N) is 3. The number of hydrogen-bond donors (Lipinski definition) is 3. The second-order valence-electron chi connectivity index (χ2n) is 4.27. The highest BCUT2D eigenvalue weighted by atomic mass is 35.5. The molecule has 18 heavy (non-hydrogen) atoms. The highest BCUT2D eigenvalue weighted by Gasteiger charge is 2.22. The Kier molecular flexibility index (Phi) is 4.19. The lowest BCUT2D eigenvalue weighted by Gasteiger charge is -2.06. The summed E-state index contributed by atoms with van der Waals surface area (Å²) >= 11 is 5.76. The minimum Gasteiger partial charge on any atom is -0.369 e. The lowest BCUT2D eigenvalue weighted by atomic mass is 10.3. The number of aromatic amines is 1. The lowest BCUT2D eigenvalue weighted by Crippen LogP contribution is -2.25. The molecule has 1 saturated carbocycles. The van der Waals surface area contributed by atoms with Crippen molar-refractivity contribution in [3.63, 3.8) is 0 Å². The van der Waals surface area contributed by atoms with Gasteiger partial charge in [-0.3, -0.25) is 9.59 Å². The molecule has 1 amide bonds. The van der Waals surface area contributed by atoms with Gasteiger partial charge in [0.1, 0.15) is 5.02 Å². The third-order valence-corrected chi connectivity index (χ3v) is 2.96. The minimum atomic E-state index is -0.374. The molecule has 6 nitrogen and oxygen atoms in total. The van der Waals surface area contributed by atoms with Crippen molar-refractivity contribution in [1.82, 2.24) is 15.3 Å². The molecule has 3 N–H and O–H groups in total. The Balaban J connectivity index is 1.69. The molecule has 1 aromatic rings. The summed E-state index contributed by atoms with van der Waals surface area (Å²) < 4.78 is 0. The first-order chi connectivity index (χ1) is 8.66. The molecule has 98 valence electrons. The van der Waals surface area contributed by atoms with E-state index < -0.39 is 0 Å². The van der Waals surface area contributed by atoms with Crippen LogP contribution in [-0.2, 0) is 4.79 Å². The van der Waals surface area contributed by atoms with Crippen molar-refractivity contribution in [2.45, 2.75) is 31.7 Å². The summed E-state index contributed by atoms with van der Waals surface area (Å²) in [5, 5.41) is 5.89. The number of hydrogen-bond acceptors (Lipinski definition) is 4. The second-order valence-corrected chi connectivity index (χ2v) is 4.64. The first-order valence-electron chi connectivity index (χ1n) is 5.93. The van der Waals surface area contributed by atoms with E-state index in [2.05, 4.69) is 20.6 Å². The van der Waals surface area contributed by atoms with Gasteiger partial charge >= 0.3 is 0 Å². The van der Waals surface area contributed by atoms with Gasteiger partial charge in [-0.15, -0.1) is 0 Å². The van der Waals surface area contributed by atoms with E-state index in [1.54, 1.807) is 0 Å². The minimum absolute atomic E-state index is 0.0416. The number of amides is 1. The molecule has 0 unspecified atom stereocenters. The van der Waals surface area contributed by atoms with Gasteiger partial charge in [0.2, 0.25) is 5.91 Å². The van der Waals surface area contributed by atoms with E-state index in [0.29, 0.717) is 31.2 Å². The Bertz CT molecular complexity index is 484. The van der Waals surface area contributed by atoms with Gasteiger partial charge in [0, 0.05) is 19.0 Å². The Morgan fingerprint density at radius 2 is 2.33 bits per heavy atom. The number of halogens is 1. The molecular weight excluding hydrogens is 256 g/mol. The molecule has 2 rings (SSSR count). The molecule has 7 heteroatoms. The van der Waals surface area contributed by atoms with Crippen molar-refractivity contribution in [3.8, 4) is 0 Å². The summed E-state index contributed by atoms with van der Waals surface area (Å²) in [4.78, 5) is 28.9. The van der Waals surface area contributed by atoms with Gasteiger partial charge in [-0.05, 0) is 19.3 Å². The van der Waals surface area contributed by atoms with Crippen LogP contribution >= 0.6 is 11.6 Å². The highest BCUT2D eigenvalue weighted by molar-refractivity contribution is 6.32. The molecule has 0 atom stereocenters. The fourth-order valence-electron chi connectivity index (χ4n) is 1.49. The molecule has 1 aromatic heterocycles. The standard InChI is InChI=1S/C11H15ClN4O2/c12-9-10(14-6-15-11(9)18)13-5-1-2-8(17)16-7-3-4-7/h6-7H,1-5H2,(H,16,17)(H2,13,14,15,18). The van der Waals surface area contributed by atoms with Gasteiger partial charge in [0.05, 0.1) is 6.33 Å². The zero-order chi connectivity index (χ0) is 13.0. The van der Waals surface area contributed by atoms with E-state index in [4.69, 9.17) is 11.6 Å². The van der Waals surface area contributed by atoms with E-state index in [1.165, 1.54) is 6.33 Å². The van der Waals surface area contributed by atoms with Crippen molar-refractivity contribution < 1.29 is 4.79 Å². The van der Waals surface area contributed by atoms with Crippen LogP contribution < -0.4 is 16.2 Å². The molecule has 0 aromatic carbocycles. The van der Waals surface area contributed by atoms with Gasteiger partial charge in [0.15, 0.2) is 5.82 Å². The molecule has 0 saturated heterocycles. The van der Waals surface area contributed by atoms with Crippen LogP contribution in [-0.4, -0.2) is 28.5 Å². The van der Waals surface area contributed by atoms with Crippen LogP contribution in [0.4, 0.5) is 5.82 Å². The third kappa shape index (κ3) is 3.73. The first kappa shape index (κ1) is 12.9. The largest absolute Gasteiger partial charge is 0.369 e. The van der Waals surface area contributed by atoms with Gasteiger partial charge < -0.3 is 15.6 Å². The predicted octanol–water partition coefficient (Wildman–Crippen LogP) is 0.894. The van der Waals surface area contributed by atoms with Crippen LogP contribution in [0.3, 0.4) is 0 Å². The monoisotopic (exact) mass is 270 g/mol. The number of nitrogens with zero attached hydrogens (tertiary/aromatic N) is 1. The fourth-order valence-corrected chi connectivity index (χ4v) is 1.66. The van der Waals surface area contributed by atoms with Crippen molar-refractivity contribution in [1.29, 1.82) is 0 Å². The molecule has 1 aliphatic rings. The summed E-state index contributed by atoms with van der Waals surface area (Å²) in [6, 6.07) is 0.397. The third-order valence-electron chi connectivity index (χ3n) is 2.61. The van der Waals surface area contributed by atoms with Crippen molar-refractivity contribution in [2.24, 2.45) is 0 Å². The molecule has 1 heterocycles. The smallest absolute Gasteiger partial charge is 0.271 e.